The molecule has 0 spiro atoms. The quantitative estimate of drug-likeness (QED) is 0.215. The predicted molar refractivity (Wildman–Crippen MR) is 152 cm³/mol. The number of nitrogens with two attached hydrogens (primary N) is 1. The number of carbonyl (C=O) groups is 2. The summed E-state index contributed by atoms with van der Waals surface area (Å²) in [4.78, 5) is 30.8. The minimum Gasteiger partial charge on any atom is -0.464 e. The number of benzene rings is 2. The summed E-state index contributed by atoms with van der Waals surface area (Å²) in [5.74, 6) is -1.14. The van der Waals surface area contributed by atoms with E-state index in [0.717, 1.165) is 17.0 Å². The molecule has 0 aliphatic heterocycles. The molecule has 0 atom stereocenters. The van der Waals surface area contributed by atoms with E-state index in [9.17, 15) is 18.4 Å². The second-order valence-electron chi connectivity index (χ2n) is 9.10. The van der Waals surface area contributed by atoms with Crippen LogP contribution in [0.5, 0.6) is 0 Å². The first-order valence-corrected chi connectivity index (χ1v) is 13.3. The summed E-state index contributed by atoms with van der Waals surface area (Å²) in [6.45, 7) is 1.77. The first-order valence-electron chi connectivity index (χ1n) is 12.4. The minimum absolute atomic E-state index is 0.0329. The monoisotopic (exact) mass is 569 g/mol. The minimum atomic E-state index is -2.87. The summed E-state index contributed by atoms with van der Waals surface area (Å²) in [6.07, 6.45) is -1.47. The molecule has 8 nitrogen and oxygen atoms in total. The predicted octanol–water partition coefficient (Wildman–Crippen LogP) is 7.01. The maximum Gasteiger partial charge on any atom is 0.280 e. The molecule has 6 rings (SSSR count). The molecule has 0 radical (unpaired) electrons. The van der Waals surface area contributed by atoms with Gasteiger partial charge in [0.25, 0.3) is 18.2 Å². The molecule has 0 bridgehead atoms. The molecule has 2 amide bonds. The van der Waals surface area contributed by atoms with Crippen molar-refractivity contribution in [3.8, 4) is 28.3 Å². The molecule has 4 aromatic heterocycles. The van der Waals surface area contributed by atoms with Crippen LogP contribution >= 0.6 is 11.3 Å². The van der Waals surface area contributed by atoms with Gasteiger partial charge in [-0.2, -0.15) is 5.10 Å². The summed E-state index contributed by atoms with van der Waals surface area (Å²) in [6, 6.07) is 23.0. The number of furan rings is 1. The van der Waals surface area contributed by atoms with Crippen molar-refractivity contribution < 1.29 is 22.8 Å². The third-order valence-electron chi connectivity index (χ3n) is 6.55. The number of thiophene rings is 1. The van der Waals surface area contributed by atoms with Crippen molar-refractivity contribution in [2.24, 2.45) is 5.73 Å². The fourth-order valence-corrected chi connectivity index (χ4v) is 5.73. The molecule has 41 heavy (non-hydrogen) atoms. The number of anilines is 1. The number of carbonyl (C=O) groups excluding carboxylic acids is 2. The van der Waals surface area contributed by atoms with Gasteiger partial charge in [-0.05, 0) is 37.3 Å². The topological polar surface area (TPSA) is 116 Å². The Bertz CT molecular complexity index is 1900. The van der Waals surface area contributed by atoms with Crippen molar-refractivity contribution in [1.29, 1.82) is 0 Å². The zero-order valence-electron chi connectivity index (χ0n) is 21.5. The van der Waals surface area contributed by atoms with Crippen molar-refractivity contribution in [2.75, 3.05) is 5.32 Å². The van der Waals surface area contributed by atoms with Gasteiger partial charge in [0.15, 0.2) is 0 Å². The highest BCUT2D eigenvalue weighted by atomic mass is 32.1. The molecule has 0 saturated heterocycles. The van der Waals surface area contributed by atoms with Crippen LogP contribution in [0.1, 0.15) is 37.8 Å². The molecule has 0 saturated carbocycles. The van der Waals surface area contributed by atoms with Gasteiger partial charge in [-0.1, -0.05) is 48.5 Å². The van der Waals surface area contributed by atoms with E-state index < -0.39 is 23.9 Å². The first kappa shape index (κ1) is 26.1. The standard InChI is InChI=1S/C30H21F2N5O3S/c1-16-22(24(17-9-4-2-5-10-17)36-37(16)18-11-6-3-7-12-18)29(39)35-25-23-19(21-13-8-14-40-21)15-20(27(31)32)34-30(23)41-26(25)28(33)38/h2-15,27H,1H3,(H2,33,38)(H,35,39). The number of fused-ring (bicyclic) bond motifs is 1. The number of hydrogen-bond donors (Lipinski definition) is 2. The van der Waals surface area contributed by atoms with Crippen LogP contribution in [-0.2, 0) is 0 Å². The zero-order valence-corrected chi connectivity index (χ0v) is 22.3. The molecule has 4 heterocycles. The average Bonchev–Trinajstić information content (AvgIpc) is 3.72. The fourth-order valence-electron chi connectivity index (χ4n) is 4.72. The van der Waals surface area contributed by atoms with Crippen LogP contribution < -0.4 is 11.1 Å². The van der Waals surface area contributed by atoms with Crippen molar-refractivity contribution in [3.05, 3.63) is 107 Å². The van der Waals surface area contributed by atoms with Crippen molar-refractivity contribution >= 4 is 39.1 Å². The highest BCUT2D eigenvalue weighted by molar-refractivity contribution is 7.21. The lowest BCUT2D eigenvalue weighted by atomic mass is 10.0. The average molecular weight is 570 g/mol. The number of nitrogens with zero attached hydrogens (tertiary/aromatic N) is 3. The van der Waals surface area contributed by atoms with Crippen LogP contribution in [0.25, 0.3) is 38.5 Å². The first-order chi connectivity index (χ1) is 19.8. The summed E-state index contributed by atoms with van der Waals surface area (Å²) < 4.78 is 34.7. The Morgan fingerprint density at radius 2 is 1.73 bits per heavy atom. The fraction of sp³-hybridized carbons (Fsp3) is 0.0667. The van der Waals surface area contributed by atoms with E-state index in [-0.39, 0.29) is 37.7 Å². The van der Waals surface area contributed by atoms with E-state index in [0.29, 0.717) is 17.0 Å². The van der Waals surface area contributed by atoms with Crippen molar-refractivity contribution in [1.82, 2.24) is 14.8 Å². The number of pyridine rings is 1. The van der Waals surface area contributed by atoms with Gasteiger partial charge in [0.2, 0.25) is 0 Å². The Morgan fingerprint density at radius 1 is 1.02 bits per heavy atom. The molecule has 3 N–H and O–H groups in total. The molecule has 2 aromatic carbocycles. The van der Waals surface area contributed by atoms with Crippen LogP contribution in [-0.4, -0.2) is 26.6 Å². The largest absolute Gasteiger partial charge is 0.464 e. The Hall–Kier alpha value is -5.16. The van der Waals surface area contributed by atoms with E-state index in [1.54, 1.807) is 23.7 Å². The van der Waals surface area contributed by atoms with Gasteiger partial charge in [-0.15, -0.1) is 11.3 Å². The lowest BCUT2D eigenvalue weighted by Crippen LogP contribution is -2.18. The van der Waals surface area contributed by atoms with Crippen molar-refractivity contribution in [3.63, 3.8) is 0 Å². The van der Waals surface area contributed by atoms with Gasteiger partial charge in [0.1, 0.15) is 26.9 Å². The molecular weight excluding hydrogens is 548 g/mol. The summed E-state index contributed by atoms with van der Waals surface area (Å²) in [5, 5.41) is 7.88. The molecule has 204 valence electrons. The maximum absolute atomic E-state index is 14.1. The smallest absolute Gasteiger partial charge is 0.280 e. The number of para-hydroxylation sites is 1. The molecule has 0 aliphatic rings. The Morgan fingerprint density at radius 3 is 2.37 bits per heavy atom. The van der Waals surface area contributed by atoms with E-state index >= 15 is 0 Å². The number of primary amides is 1. The van der Waals surface area contributed by atoms with Crippen LogP contribution in [0.3, 0.4) is 0 Å². The van der Waals surface area contributed by atoms with Gasteiger partial charge < -0.3 is 15.5 Å². The van der Waals surface area contributed by atoms with Crippen LogP contribution in [0, 0.1) is 6.92 Å². The summed E-state index contributed by atoms with van der Waals surface area (Å²) >= 11 is 0.823. The zero-order chi connectivity index (χ0) is 28.7. The normalized spacial score (nSPS) is 11.3. The van der Waals surface area contributed by atoms with Crippen LogP contribution in [0.15, 0.2) is 89.5 Å². The number of nitrogens with one attached hydrogen (secondary N) is 1. The van der Waals surface area contributed by atoms with Gasteiger partial charge in [-0.25, -0.2) is 18.4 Å². The molecule has 0 fully saturated rings. The third-order valence-corrected chi connectivity index (χ3v) is 7.64. The van der Waals surface area contributed by atoms with E-state index in [1.807, 2.05) is 60.7 Å². The molecule has 0 unspecified atom stereocenters. The van der Waals surface area contributed by atoms with Crippen molar-refractivity contribution in [2.45, 2.75) is 13.3 Å². The molecular formula is C30H21F2N5O3S. The molecule has 11 heteroatoms. The number of aromatic nitrogens is 3. The van der Waals surface area contributed by atoms with Gasteiger partial charge in [0.05, 0.1) is 28.9 Å². The van der Waals surface area contributed by atoms with Gasteiger partial charge >= 0.3 is 0 Å². The lowest BCUT2D eigenvalue weighted by Gasteiger charge is -2.10. The second kappa shape index (κ2) is 10.4. The highest BCUT2D eigenvalue weighted by Crippen LogP contribution is 2.43. The number of rotatable bonds is 7. The van der Waals surface area contributed by atoms with Gasteiger partial charge in [0, 0.05) is 16.5 Å². The SMILES string of the molecule is Cc1c(C(=O)Nc2c(C(N)=O)sc3nc(C(F)F)cc(-c4ccco4)c23)c(-c2ccccc2)nn1-c1ccccc1. The number of halogens is 2. The second-order valence-corrected chi connectivity index (χ2v) is 10.1. The highest BCUT2D eigenvalue weighted by Gasteiger charge is 2.29. The van der Waals surface area contributed by atoms with Crippen LogP contribution in [0.4, 0.5) is 14.5 Å². The summed E-state index contributed by atoms with van der Waals surface area (Å²) in [7, 11) is 0. The molecule has 0 aliphatic carbocycles. The Labute approximate surface area is 236 Å². The summed E-state index contributed by atoms with van der Waals surface area (Å²) in [5.41, 5.74) is 8.22. The van der Waals surface area contributed by atoms with E-state index in [2.05, 4.69) is 10.3 Å². The third kappa shape index (κ3) is 4.66. The Kier molecular flexibility index (Phi) is 6.64. The van der Waals surface area contributed by atoms with E-state index in [4.69, 9.17) is 15.2 Å². The maximum atomic E-state index is 14.1. The Balaban J connectivity index is 1.55. The molecule has 6 aromatic rings. The van der Waals surface area contributed by atoms with E-state index in [1.165, 1.54) is 12.3 Å². The number of amides is 2. The number of hydrogen-bond acceptors (Lipinski definition) is 6. The number of alkyl halides is 2. The lowest BCUT2D eigenvalue weighted by molar-refractivity contribution is 0.100. The van der Waals surface area contributed by atoms with Gasteiger partial charge in [-0.3, -0.25) is 9.59 Å². The van der Waals surface area contributed by atoms with Crippen LogP contribution in [0.2, 0.25) is 0 Å².